The number of carbonyl (C=O) groups is 2. The summed E-state index contributed by atoms with van der Waals surface area (Å²) < 4.78 is 47.3. The molecule has 0 aromatic rings. The fourth-order valence-corrected chi connectivity index (χ4v) is 1.00. The van der Waals surface area contributed by atoms with Crippen molar-refractivity contribution in [3.05, 3.63) is 0 Å². The molecule has 8 heteroatoms. The van der Waals surface area contributed by atoms with Gasteiger partial charge in [-0.05, 0) is 41.5 Å². The summed E-state index contributed by atoms with van der Waals surface area (Å²) in [5.74, 6) is -0.960. The van der Waals surface area contributed by atoms with Crippen LogP contribution in [-0.4, -0.2) is 36.5 Å². The van der Waals surface area contributed by atoms with E-state index in [0.29, 0.717) is 0 Å². The van der Waals surface area contributed by atoms with Crippen LogP contribution < -0.4 is 5.32 Å². The maximum Gasteiger partial charge on any atom is 0.408 e. The van der Waals surface area contributed by atoms with E-state index in [4.69, 9.17) is 4.74 Å². The third kappa shape index (κ3) is 7.19. The Kier molecular flexibility index (Phi) is 6.07. The molecule has 21 heavy (non-hydrogen) atoms. The summed E-state index contributed by atoms with van der Waals surface area (Å²) >= 11 is 0. The largest absolute Gasteiger partial charge is 0.463 e. The third-order valence-corrected chi connectivity index (χ3v) is 2.43. The number of esters is 1. The molecule has 1 amide bonds. The fraction of sp³-hybridized carbons (Fsp3) is 0.846. The van der Waals surface area contributed by atoms with Gasteiger partial charge in [0.1, 0.15) is 18.2 Å². The first kappa shape index (κ1) is 19.5. The maximum absolute atomic E-state index is 12.6. The molecule has 1 N–H and O–H groups in total. The summed E-state index contributed by atoms with van der Waals surface area (Å²) in [7, 11) is 0. The Bertz CT molecular complexity index is 386. The standard InChI is InChI=1S/C13H22F3NO4/c1-8(17-10(19)21-11(2,3)4)9(18)20-7-12(5,6)13(14,15)16/h8H,7H2,1-6H3,(H,17,19)/t8-/m0/s1. The smallest absolute Gasteiger partial charge is 0.408 e. The molecule has 0 heterocycles. The van der Waals surface area contributed by atoms with Crippen LogP contribution in [0.1, 0.15) is 41.5 Å². The second-order valence-electron chi connectivity index (χ2n) is 6.36. The Morgan fingerprint density at radius 3 is 1.95 bits per heavy atom. The fourth-order valence-electron chi connectivity index (χ4n) is 1.00. The van der Waals surface area contributed by atoms with E-state index in [2.05, 4.69) is 10.1 Å². The number of amides is 1. The highest BCUT2D eigenvalue weighted by Gasteiger charge is 2.48. The number of nitrogens with one attached hydrogen (secondary N) is 1. The van der Waals surface area contributed by atoms with Gasteiger partial charge in [-0.3, -0.25) is 0 Å². The lowest BCUT2D eigenvalue weighted by atomic mass is 9.94. The van der Waals surface area contributed by atoms with Crippen molar-refractivity contribution in [3.8, 4) is 0 Å². The van der Waals surface area contributed by atoms with Gasteiger partial charge in [0.15, 0.2) is 0 Å². The number of alkyl carbamates (subject to hydrolysis) is 1. The van der Waals surface area contributed by atoms with Gasteiger partial charge in [0.25, 0.3) is 0 Å². The number of hydrogen-bond donors (Lipinski definition) is 1. The first-order valence-electron chi connectivity index (χ1n) is 6.38. The molecular weight excluding hydrogens is 291 g/mol. The first-order valence-corrected chi connectivity index (χ1v) is 6.38. The van der Waals surface area contributed by atoms with Crippen LogP contribution in [-0.2, 0) is 14.3 Å². The van der Waals surface area contributed by atoms with Crippen LogP contribution in [0.5, 0.6) is 0 Å². The molecule has 0 fully saturated rings. The van der Waals surface area contributed by atoms with Gasteiger partial charge in [-0.1, -0.05) is 0 Å². The van der Waals surface area contributed by atoms with Crippen molar-refractivity contribution in [3.63, 3.8) is 0 Å². The second-order valence-corrected chi connectivity index (χ2v) is 6.36. The zero-order valence-corrected chi connectivity index (χ0v) is 13.1. The quantitative estimate of drug-likeness (QED) is 0.810. The van der Waals surface area contributed by atoms with Crippen molar-refractivity contribution in [2.75, 3.05) is 6.61 Å². The Balaban J connectivity index is 4.39. The van der Waals surface area contributed by atoms with E-state index in [1.54, 1.807) is 20.8 Å². The number of ether oxygens (including phenoxy) is 2. The highest BCUT2D eigenvalue weighted by atomic mass is 19.4. The summed E-state index contributed by atoms with van der Waals surface area (Å²) in [5.41, 5.74) is -2.90. The number of alkyl halides is 3. The minimum atomic E-state index is -4.49. The van der Waals surface area contributed by atoms with Crippen LogP contribution in [0.4, 0.5) is 18.0 Å². The Morgan fingerprint density at radius 1 is 1.10 bits per heavy atom. The topological polar surface area (TPSA) is 64.6 Å². The Morgan fingerprint density at radius 2 is 1.57 bits per heavy atom. The lowest BCUT2D eigenvalue weighted by Crippen LogP contribution is -2.44. The van der Waals surface area contributed by atoms with Gasteiger partial charge in [-0.25, -0.2) is 9.59 Å². The summed E-state index contributed by atoms with van der Waals surface area (Å²) in [6.45, 7) is 7.24. The number of hydrogen-bond acceptors (Lipinski definition) is 4. The highest BCUT2D eigenvalue weighted by Crippen LogP contribution is 2.37. The molecule has 0 unspecified atom stereocenters. The monoisotopic (exact) mass is 313 g/mol. The van der Waals surface area contributed by atoms with E-state index in [1.807, 2.05) is 0 Å². The van der Waals surface area contributed by atoms with E-state index in [1.165, 1.54) is 6.92 Å². The molecule has 0 aromatic carbocycles. The number of carbonyl (C=O) groups excluding carboxylic acids is 2. The molecule has 5 nitrogen and oxygen atoms in total. The highest BCUT2D eigenvalue weighted by molar-refractivity contribution is 5.81. The predicted molar refractivity (Wildman–Crippen MR) is 69.6 cm³/mol. The molecule has 0 saturated carbocycles. The van der Waals surface area contributed by atoms with Crippen LogP contribution >= 0.6 is 0 Å². The summed E-state index contributed by atoms with van der Waals surface area (Å²) in [6, 6.07) is -1.11. The van der Waals surface area contributed by atoms with Crippen molar-refractivity contribution < 1.29 is 32.2 Å². The molecule has 1 atom stereocenters. The summed E-state index contributed by atoms with van der Waals surface area (Å²) in [4.78, 5) is 23.0. The van der Waals surface area contributed by atoms with Gasteiger partial charge in [0.05, 0.1) is 5.41 Å². The average molecular weight is 313 g/mol. The average Bonchev–Trinajstić information content (AvgIpc) is 2.21. The van der Waals surface area contributed by atoms with Crippen molar-refractivity contribution in [1.29, 1.82) is 0 Å². The van der Waals surface area contributed by atoms with E-state index >= 15 is 0 Å². The zero-order chi connectivity index (χ0) is 17.1. The first-order chi connectivity index (χ1) is 9.16. The van der Waals surface area contributed by atoms with E-state index in [9.17, 15) is 22.8 Å². The lowest BCUT2D eigenvalue weighted by Gasteiger charge is -2.27. The summed E-state index contributed by atoms with van der Waals surface area (Å²) in [6.07, 6.45) is -5.34. The number of halogens is 3. The van der Waals surface area contributed by atoms with Crippen molar-refractivity contribution >= 4 is 12.1 Å². The zero-order valence-electron chi connectivity index (χ0n) is 13.1. The molecule has 124 valence electrons. The molecule has 0 radical (unpaired) electrons. The van der Waals surface area contributed by atoms with Crippen LogP contribution in [0.25, 0.3) is 0 Å². The van der Waals surface area contributed by atoms with Gasteiger partial charge < -0.3 is 14.8 Å². The minimum Gasteiger partial charge on any atom is -0.463 e. The Labute approximate surface area is 122 Å². The molecule has 0 saturated heterocycles. The Hall–Kier alpha value is -1.47. The molecule has 0 rings (SSSR count). The van der Waals surface area contributed by atoms with Crippen LogP contribution in [0.3, 0.4) is 0 Å². The maximum atomic E-state index is 12.6. The predicted octanol–water partition coefficient (Wildman–Crippen LogP) is 3.03. The van der Waals surface area contributed by atoms with Gasteiger partial charge in [0.2, 0.25) is 0 Å². The van der Waals surface area contributed by atoms with Gasteiger partial charge in [-0.15, -0.1) is 0 Å². The molecule has 0 aliphatic rings. The van der Waals surface area contributed by atoms with Gasteiger partial charge in [0, 0.05) is 0 Å². The van der Waals surface area contributed by atoms with Crippen molar-refractivity contribution in [2.24, 2.45) is 5.41 Å². The minimum absolute atomic E-state index is 0.744. The van der Waals surface area contributed by atoms with Gasteiger partial charge >= 0.3 is 18.2 Å². The molecule has 0 spiro atoms. The van der Waals surface area contributed by atoms with Crippen LogP contribution in [0.2, 0.25) is 0 Å². The van der Waals surface area contributed by atoms with Crippen molar-refractivity contribution in [1.82, 2.24) is 5.32 Å². The van der Waals surface area contributed by atoms with E-state index in [-0.39, 0.29) is 0 Å². The van der Waals surface area contributed by atoms with Crippen LogP contribution in [0.15, 0.2) is 0 Å². The second kappa shape index (κ2) is 6.53. The SMILES string of the molecule is C[C@H](NC(=O)OC(C)(C)C)C(=O)OCC(C)(C)C(F)(F)F. The third-order valence-electron chi connectivity index (χ3n) is 2.43. The number of rotatable bonds is 4. The molecule has 0 aromatic heterocycles. The van der Waals surface area contributed by atoms with Crippen LogP contribution in [0, 0.1) is 5.41 Å². The molecule has 0 aliphatic heterocycles. The summed E-state index contributed by atoms with van der Waals surface area (Å²) in [5, 5.41) is 2.19. The lowest BCUT2D eigenvalue weighted by molar-refractivity contribution is -0.226. The molecule has 0 bridgehead atoms. The van der Waals surface area contributed by atoms with Crippen molar-refractivity contribution in [2.45, 2.75) is 59.4 Å². The van der Waals surface area contributed by atoms with Gasteiger partial charge in [-0.2, -0.15) is 13.2 Å². The molecule has 0 aliphatic carbocycles. The normalized spacial score (nSPS) is 14.3. The van der Waals surface area contributed by atoms with E-state index in [0.717, 1.165) is 13.8 Å². The van der Waals surface area contributed by atoms with E-state index < -0.39 is 41.9 Å². The molecular formula is C13H22F3NO4.